The van der Waals surface area contributed by atoms with Gasteiger partial charge in [0, 0.05) is 0 Å². The minimum absolute atomic E-state index is 0.0366. The highest BCUT2D eigenvalue weighted by Gasteiger charge is 2.22. The molecule has 0 aromatic heterocycles. The van der Waals surface area contributed by atoms with E-state index in [1.54, 1.807) is 0 Å². The number of terminal acetylenes is 1. The van der Waals surface area contributed by atoms with Crippen molar-refractivity contribution >= 4 is 11.9 Å². The van der Waals surface area contributed by atoms with Crippen LogP contribution in [0.1, 0.15) is 63.9 Å². The van der Waals surface area contributed by atoms with Crippen molar-refractivity contribution in [3.8, 4) is 101 Å². The molecule has 0 radical (unpaired) electrons. The lowest BCUT2D eigenvalue weighted by Gasteiger charge is -2.11. The van der Waals surface area contributed by atoms with E-state index in [1.165, 1.54) is 50.5 Å². The Hall–Kier alpha value is -5.60. The van der Waals surface area contributed by atoms with E-state index >= 15 is 0 Å². The predicted octanol–water partition coefficient (Wildman–Crippen LogP) is 4.10. The van der Waals surface area contributed by atoms with Crippen LogP contribution in [0.15, 0.2) is 24.3 Å². The number of hydrogen-bond acceptors (Lipinski definition) is 6. The van der Waals surface area contributed by atoms with E-state index in [1.807, 2.05) is 24.3 Å². The van der Waals surface area contributed by atoms with Crippen molar-refractivity contribution in [1.82, 2.24) is 0 Å². The monoisotopic (exact) mass is 600 g/mol. The first-order valence-electron chi connectivity index (χ1n) is 14.7. The van der Waals surface area contributed by atoms with E-state index in [9.17, 15) is 9.59 Å². The number of ether oxygens (including phenoxy) is 3. The van der Waals surface area contributed by atoms with Gasteiger partial charge in [-0.1, -0.05) is 63.5 Å². The Labute approximate surface area is 268 Å². The van der Waals surface area contributed by atoms with Crippen LogP contribution in [-0.4, -0.2) is 43.5 Å². The van der Waals surface area contributed by atoms with Gasteiger partial charge in [0.1, 0.15) is 31.5 Å². The normalized spacial score (nSPS) is 9.09. The van der Waals surface area contributed by atoms with Crippen molar-refractivity contribution in [2.24, 2.45) is 5.92 Å². The Morgan fingerprint density at radius 2 is 1.27 bits per heavy atom. The van der Waals surface area contributed by atoms with Crippen LogP contribution in [0.4, 0.5) is 0 Å². The summed E-state index contributed by atoms with van der Waals surface area (Å²) in [5, 5.41) is 8.86. The van der Waals surface area contributed by atoms with E-state index in [2.05, 4.69) is 95.7 Å². The number of aliphatic hydroxyl groups excluding tert-OH is 1. The third kappa shape index (κ3) is 21.7. The molecule has 1 atom stereocenters. The molecule has 6 heteroatoms. The molecule has 1 aromatic carbocycles. The van der Waals surface area contributed by atoms with Crippen molar-refractivity contribution in [3.63, 3.8) is 0 Å². The molecule has 1 rings (SSSR count). The van der Waals surface area contributed by atoms with Crippen molar-refractivity contribution in [2.75, 3.05) is 26.4 Å². The fraction of sp³-hybridized carbons (Fsp3) is 0.385. The van der Waals surface area contributed by atoms with Crippen LogP contribution in [0.5, 0.6) is 5.75 Å². The average molecular weight is 601 g/mol. The molecule has 1 aromatic rings. The molecule has 228 valence electrons. The highest BCUT2D eigenvalue weighted by Crippen LogP contribution is 2.15. The largest absolute Gasteiger partial charge is 0.490 e. The third-order valence-electron chi connectivity index (χ3n) is 5.67. The standard InChI is InChI=1S/C39H36O6/c1-3-5-7-9-11-12-13-14-15-16-17-19-21-23-25-36(34-38(41)44-31-30-40)39(42)45-33-32-43-37-28-26-35(27-29-37)24-22-20-18-10-8-6-4-2/h1,26-29,36,40H,4,6,8,10,18,20,22,24,30-34H2,2H3. The molecule has 0 saturated heterocycles. The summed E-state index contributed by atoms with van der Waals surface area (Å²) < 4.78 is 15.8. The Morgan fingerprint density at radius 3 is 1.84 bits per heavy atom. The van der Waals surface area contributed by atoms with E-state index in [0.717, 1.165) is 6.42 Å². The Bertz CT molecular complexity index is 1560. The molecule has 6 nitrogen and oxygen atoms in total. The molecule has 0 amide bonds. The number of carbonyl (C=O) groups is 2. The first-order valence-corrected chi connectivity index (χ1v) is 14.7. The first kappa shape index (κ1) is 37.4. The van der Waals surface area contributed by atoms with E-state index in [4.69, 9.17) is 25.7 Å². The van der Waals surface area contributed by atoms with Gasteiger partial charge in [0.15, 0.2) is 0 Å². The highest BCUT2D eigenvalue weighted by molar-refractivity contribution is 5.82. The summed E-state index contributed by atoms with van der Waals surface area (Å²) in [6.07, 6.45) is 14.6. The molecule has 0 aliphatic rings. The molecule has 0 fully saturated rings. The van der Waals surface area contributed by atoms with Crippen LogP contribution in [0.2, 0.25) is 0 Å². The number of unbranched alkanes of at least 4 members (excludes halogenated alkanes) is 6. The Balaban J connectivity index is 2.57. The molecule has 1 unspecified atom stereocenters. The van der Waals surface area contributed by atoms with Crippen LogP contribution < -0.4 is 4.74 Å². The number of carbonyl (C=O) groups excluding carboxylic acids is 2. The number of esters is 2. The van der Waals surface area contributed by atoms with Gasteiger partial charge in [-0.15, -0.1) is 6.42 Å². The number of aryl methyl sites for hydroxylation is 1. The van der Waals surface area contributed by atoms with Gasteiger partial charge in [0.25, 0.3) is 0 Å². The maximum absolute atomic E-state index is 12.6. The second-order valence-electron chi connectivity index (χ2n) is 9.15. The zero-order valence-corrected chi connectivity index (χ0v) is 25.6. The van der Waals surface area contributed by atoms with Gasteiger partial charge in [-0.3, -0.25) is 9.59 Å². The first-order chi connectivity index (χ1) is 22.1. The van der Waals surface area contributed by atoms with Crippen LogP contribution >= 0.6 is 0 Å². The molecule has 0 spiro atoms. The van der Waals surface area contributed by atoms with E-state index in [-0.39, 0.29) is 32.8 Å². The summed E-state index contributed by atoms with van der Waals surface area (Å²) in [5.74, 6) is 34.7. The van der Waals surface area contributed by atoms with E-state index in [0.29, 0.717) is 5.75 Å². The maximum atomic E-state index is 12.6. The fourth-order valence-electron chi connectivity index (χ4n) is 3.52. The van der Waals surface area contributed by atoms with Crippen molar-refractivity contribution in [2.45, 2.75) is 64.7 Å². The summed E-state index contributed by atoms with van der Waals surface area (Å²) in [6, 6.07) is 7.90. The third-order valence-corrected chi connectivity index (χ3v) is 5.67. The van der Waals surface area contributed by atoms with Crippen molar-refractivity contribution in [3.05, 3.63) is 29.8 Å². The molecular weight excluding hydrogens is 564 g/mol. The molecule has 0 bridgehead atoms. The summed E-state index contributed by atoms with van der Waals surface area (Å²) in [5.41, 5.74) is 1.26. The lowest BCUT2D eigenvalue weighted by molar-refractivity contribution is -0.154. The van der Waals surface area contributed by atoms with Gasteiger partial charge in [-0.05, 0) is 113 Å². The SMILES string of the molecule is C#CC#CC#CC#CC#CC#CC#CC#CC(CC(=O)OCCO)C(=O)OCCOc1ccc(CCCCCCCCC)cc1. The summed E-state index contributed by atoms with van der Waals surface area (Å²) in [7, 11) is 0. The number of aliphatic hydroxyl groups is 1. The molecule has 0 aliphatic heterocycles. The summed E-state index contributed by atoms with van der Waals surface area (Å²) in [4.78, 5) is 24.6. The maximum Gasteiger partial charge on any atom is 0.321 e. The van der Waals surface area contributed by atoms with Gasteiger partial charge in [-0.25, -0.2) is 0 Å². The summed E-state index contributed by atoms with van der Waals surface area (Å²) >= 11 is 0. The topological polar surface area (TPSA) is 82.1 Å². The van der Waals surface area contributed by atoms with Gasteiger partial charge >= 0.3 is 11.9 Å². The quantitative estimate of drug-likeness (QED) is 0.165. The fourth-order valence-corrected chi connectivity index (χ4v) is 3.52. The minimum Gasteiger partial charge on any atom is -0.490 e. The lowest BCUT2D eigenvalue weighted by Crippen LogP contribution is -2.23. The van der Waals surface area contributed by atoms with Gasteiger partial charge in [0.2, 0.25) is 0 Å². The average Bonchev–Trinajstić information content (AvgIpc) is 3.05. The van der Waals surface area contributed by atoms with Crippen molar-refractivity contribution < 1.29 is 28.9 Å². The Morgan fingerprint density at radius 1 is 0.711 bits per heavy atom. The molecular formula is C39H36O6. The molecule has 0 aliphatic carbocycles. The highest BCUT2D eigenvalue weighted by atomic mass is 16.6. The van der Waals surface area contributed by atoms with Gasteiger partial charge < -0.3 is 19.3 Å². The minimum atomic E-state index is -1.12. The lowest BCUT2D eigenvalue weighted by atomic mass is 10.0. The second-order valence-corrected chi connectivity index (χ2v) is 9.15. The summed E-state index contributed by atoms with van der Waals surface area (Å²) in [6.45, 7) is 1.80. The van der Waals surface area contributed by atoms with Gasteiger partial charge in [0.05, 0.1) is 13.0 Å². The molecule has 45 heavy (non-hydrogen) atoms. The van der Waals surface area contributed by atoms with Crippen LogP contribution in [0.3, 0.4) is 0 Å². The smallest absolute Gasteiger partial charge is 0.321 e. The zero-order chi connectivity index (χ0) is 32.6. The van der Waals surface area contributed by atoms with Crippen LogP contribution in [0, 0.1) is 101 Å². The molecule has 1 N–H and O–H groups in total. The van der Waals surface area contributed by atoms with Crippen molar-refractivity contribution in [1.29, 1.82) is 0 Å². The van der Waals surface area contributed by atoms with E-state index < -0.39 is 17.9 Å². The number of hydrogen-bond donors (Lipinski definition) is 1. The van der Waals surface area contributed by atoms with Crippen LogP contribution in [0.25, 0.3) is 0 Å². The number of benzene rings is 1. The predicted molar refractivity (Wildman–Crippen MR) is 174 cm³/mol. The Kier molecular flexibility index (Phi) is 22.7. The second kappa shape index (κ2) is 27.2. The molecule has 0 saturated carbocycles. The van der Waals surface area contributed by atoms with Gasteiger partial charge in [-0.2, -0.15) is 0 Å². The zero-order valence-electron chi connectivity index (χ0n) is 25.6. The molecule has 0 heterocycles. The van der Waals surface area contributed by atoms with Crippen LogP contribution in [-0.2, 0) is 25.5 Å². The number of rotatable bonds is 17.